The number of hydrogen-bond donors (Lipinski definition) is 1. The number of nitrogens with one attached hydrogen (secondary N) is 1. The number of aromatic nitrogens is 1. The molecule has 3 aromatic carbocycles. The SMILES string of the molecule is CC(C)c1ccc(-c2cc(C(=O)N/N=C/c3ccc(Cl)cc3Cl)c3ccccc3n2)cc1. The van der Waals surface area contributed by atoms with Crippen LogP contribution < -0.4 is 5.43 Å². The Morgan fingerprint density at radius 1 is 1.00 bits per heavy atom. The van der Waals surface area contributed by atoms with Crippen LogP contribution in [0.2, 0.25) is 10.0 Å². The summed E-state index contributed by atoms with van der Waals surface area (Å²) in [6, 6.07) is 22.7. The van der Waals surface area contributed by atoms with Gasteiger partial charge in [-0.2, -0.15) is 5.10 Å². The van der Waals surface area contributed by atoms with Gasteiger partial charge in [-0.3, -0.25) is 4.79 Å². The van der Waals surface area contributed by atoms with Crippen molar-refractivity contribution in [3.8, 4) is 11.3 Å². The molecule has 0 spiro atoms. The van der Waals surface area contributed by atoms with E-state index in [-0.39, 0.29) is 5.91 Å². The minimum absolute atomic E-state index is 0.329. The van der Waals surface area contributed by atoms with Crippen molar-refractivity contribution in [2.75, 3.05) is 0 Å². The first-order valence-electron chi connectivity index (χ1n) is 10.2. The number of hydrazone groups is 1. The van der Waals surface area contributed by atoms with E-state index in [0.29, 0.717) is 27.1 Å². The average molecular weight is 462 g/mol. The van der Waals surface area contributed by atoms with Crippen LogP contribution >= 0.6 is 23.2 Å². The van der Waals surface area contributed by atoms with Crippen LogP contribution in [-0.2, 0) is 0 Å². The van der Waals surface area contributed by atoms with Crippen LogP contribution in [0.25, 0.3) is 22.2 Å². The first-order valence-corrected chi connectivity index (χ1v) is 11.0. The molecule has 0 radical (unpaired) electrons. The maximum Gasteiger partial charge on any atom is 0.272 e. The lowest BCUT2D eigenvalue weighted by Crippen LogP contribution is -2.18. The predicted octanol–water partition coefficient (Wildman–Crippen LogP) is 7.10. The summed E-state index contributed by atoms with van der Waals surface area (Å²) in [5.74, 6) is 0.118. The number of pyridine rings is 1. The minimum atomic E-state index is -0.329. The number of rotatable bonds is 5. The number of fused-ring (bicyclic) bond motifs is 1. The summed E-state index contributed by atoms with van der Waals surface area (Å²) in [6.07, 6.45) is 1.49. The number of benzene rings is 3. The zero-order valence-electron chi connectivity index (χ0n) is 17.6. The van der Waals surface area contributed by atoms with Gasteiger partial charge in [-0.15, -0.1) is 0 Å². The molecule has 32 heavy (non-hydrogen) atoms. The molecule has 0 atom stereocenters. The summed E-state index contributed by atoms with van der Waals surface area (Å²) in [4.78, 5) is 17.8. The van der Waals surface area contributed by atoms with Crippen molar-refractivity contribution in [3.05, 3.63) is 99.5 Å². The van der Waals surface area contributed by atoms with Crippen LogP contribution in [0.4, 0.5) is 0 Å². The molecule has 4 aromatic rings. The van der Waals surface area contributed by atoms with E-state index < -0.39 is 0 Å². The number of nitrogens with zero attached hydrogens (tertiary/aromatic N) is 2. The molecule has 0 saturated carbocycles. The van der Waals surface area contributed by atoms with E-state index in [9.17, 15) is 4.79 Å². The van der Waals surface area contributed by atoms with Crippen molar-refractivity contribution in [1.29, 1.82) is 0 Å². The Labute approximate surface area is 196 Å². The van der Waals surface area contributed by atoms with Gasteiger partial charge in [0.15, 0.2) is 0 Å². The maximum atomic E-state index is 13.0. The van der Waals surface area contributed by atoms with Crippen LogP contribution in [0, 0.1) is 0 Å². The van der Waals surface area contributed by atoms with E-state index in [1.54, 1.807) is 24.3 Å². The molecule has 4 rings (SSSR count). The van der Waals surface area contributed by atoms with Crippen LogP contribution in [0.15, 0.2) is 77.9 Å². The zero-order chi connectivity index (χ0) is 22.7. The van der Waals surface area contributed by atoms with Crippen LogP contribution in [-0.4, -0.2) is 17.1 Å². The van der Waals surface area contributed by atoms with E-state index in [4.69, 9.17) is 28.2 Å². The Balaban J connectivity index is 1.66. The topological polar surface area (TPSA) is 54.4 Å². The van der Waals surface area contributed by atoms with Gasteiger partial charge in [-0.05, 0) is 35.7 Å². The Bertz CT molecular complexity index is 1310. The zero-order valence-corrected chi connectivity index (χ0v) is 19.2. The summed E-state index contributed by atoms with van der Waals surface area (Å²) >= 11 is 12.1. The average Bonchev–Trinajstić information content (AvgIpc) is 2.79. The Morgan fingerprint density at radius 2 is 1.75 bits per heavy atom. The highest BCUT2D eigenvalue weighted by Gasteiger charge is 2.14. The van der Waals surface area contributed by atoms with Crippen LogP contribution in [0.1, 0.15) is 41.3 Å². The Morgan fingerprint density at radius 3 is 2.47 bits per heavy atom. The molecule has 0 aliphatic carbocycles. The van der Waals surface area contributed by atoms with Gasteiger partial charge in [-0.1, -0.05) is 85.6 Å². The van der Waals surface area contributed by atoms with Crippen molar-refractivity contribution in [3.63, 3.8) is 0 Å². The third-order valence-corrected chi connectivity index (χ3v) is 5.73. The largest absolute Gasteiger partial charge is 0.272 e. The standard InChI is InChI=1S/C26H21Cl2N3O/c1-16(2)17-7-9-18(10-8-17)25-14-22(21-5-3-4-6-24(21)30-25)26(32)31-29-15-19-11-12-20(27)13-23(19)28/h3-16H,1-2H3,(H,31,32)/b29-15+. The summed E-state index contributed by atoms with van der Waals surface area (Å²) < 4.78 is 0. The van der Waals surface area contributed by atoms with E-state index in [1.165, 1.54) is 11.8 Å². The van der Waals surface area contributed by atoms with Crippen molar-refractivity contribution in [2.45, 2.75) is 19.8 Å². The fourth-order valence-corrected chi connectivity index (χ4v) is 3.83. The van der Waals surface area contributed by atoms with Crippen molar-refractivity contribution in [1.82, 2.24) is 10.4 Å². The molecule has 0 bridgehead atoms. The molecule has 0 fully saturated rings. The van der Waals surface area contributed by atoms with E-state index in [0.717, 1.165) is 22.2 Å². The number of amides is 1. The van der Waals surface area contributed by atoms with Gasteiger partial charge < -0.3 is 0 Å². The van der Waals surface area contributed by atoms with Crippen LogP contribution in [0.5, 0.6) is 0 Å². The van der Waals surface area contributed by atoms with Gasteiger partial charge in [0.2, 0.25) is 0 Å². The lowest BCUT2D eigenvalue weighted by Gasteiger charge is -2.10. The fraction of sp³-hybridized carbons (Fsp3) is 0.115. The van der Waals surface area contributed by atoms with Crippen molar-refractivity contribution < 1.29 is 4.79 Å². The molecule has 1 aromatic heterocycles. The fourth-order valence-electron chi connectivity index (χ4n) is 3.38. The highest BCUT2D eigenvalue weighted by atomic mass is 35.5. The molecular weight excluding hydrogens is 441 g/mol. The third kappa shape index (κ3) is 4.82. The highest BCUT2D eigenvalue weighted by molar-refractivity contribution is 6.36. The van der Waals surface area contributed by atoms with Gasteiger partial charge in [-0.25, -0.2) is 10.4 Å². The minimum Gasteiger partial charge on any atom is -0.267 e. The van der Waals surface area contributed by atoms with Gasteiger partial charge in [0.05, 0.1) is 28.0 Å². The second kappa shape index (κ2) is 9.51. The van der Waals surface area contributed by atoms with Crippen LogP contribution in [0.3, 0.4) is 0 Å². The molecule has 0 aliphatic heterocycles. The van der Waals surface area contributed by atoms with E-state index in [1.807, 2.05) is 36.4 Å². The summed E-state index contributed by atoms with van der Waals surface area (Å²) in [7, 11) is 0. The summed E-state index contributed by atoms with van der Waals surface area (Å²) in [5, 5.41) is 5.82. The second-order valence-electron chi connectivity index (χ2n) is 7.71. The number of halogens is 2. The molecule has 0 unspecified atom stereocenters. The second-order valence-corrected chi connectivity index (χ2v) is 8.56. The molecular formula is C26H21Cl2N3O. The third-order valence-electron chi connectivity index (χ3n) is 5.17. The molecule has 0 aliphatic rings. The number of carbonyl (C=O) groups is 1. The van der Waals surface area contributed by atoms with E-state index in [2.05, 4.69) is 36.5 Å². The first-order chi connectivity index (χ1) is 15.4. The number of carbonyl (C=O) groups excluding carboxylic acids is 1. The molecule has 0 saturated heterocycles. The smallest absolute Gasteiger partial charge is 0.267 e. The van der Waals surface area contributed by atoms with Crippen molar-refractivity contribution in [2.24, 2.45) is 5.10 Å². The monoisotopic (exact) mass is 461 g/mol. The highest BCUT2D eigenvalue weighted by Crippen LogP contribution is 2.26. The normalized spacial score (nSPS) is 11.4. The molecule has 1 amide bonds. The first kappa shape index (κ1) is 22.0. The van der Waals surface area contributed by atoms with Gasteiger partial charge in [0.1, 0.15) is 0 Å². The summed E-state index contributed by atoms with van der Waals surface area (Å²) in [6.45, 7) is 4.31. The predicted molar refractivity (Wildman–Crippen MR) is 133 cm³/mol. The van der Waals surface area contributed by atoms with Crippen molar-refractivity contribution >= 4 is 46.2 Å². The van der Waals surface area contributed by atoms with E-state index >= 15 is 0 Å². The lowest BCUT2D eigenvalue weighted by atomic mass is 9.99. The van der Waals surface area contributed by atoms with Gasteiger partial charge in [0.25, 0.3) is 5.91 Å². The van der Waals surface area contributed by atoms with Gasteiger partial charge in [0, 0.05) is 21.5 Å². The molecule has 6 heteroatoms. The molecule has 1 heterocycles. The lowest BCUT2D eigenvalue weighted by molar-refractivity contribution is 0.0956. The number of para-hydroxylation sites is 1. The molecule has 160 valence electrons. The quantitative estimate of drug-likeness (QED) is 0.254. The Hall–Kier alpha value is -3.21. The summed E-state index contributed by atoms with van der Waals surface area (Å²) in [5.41, 5.74) is 7.42. The Kier molecular flexibility index (Phi) is 6.54. The molecule has 4 nitrogen and oxygen atoms in total. The molecule has 1 N–H and O–H groups in total. The maximum absolute atomic E-state index is 13.0. The van der Waals surface area contributed by atoms with Gasteiger partial charge >= 0.3 is 0 Å². The number of hydrogen-bond acceptors (Lipinski definition) is 3.